The highest BCUT2D eigenvalue weighted by Crippen LogP contribution is 2.18. The van der Waals surface area contributed by atoms with Gasteiger partial charge in [0.05, 0.1) is 0 Å². The van der Waals surface area contributed by atoms with Gasteiger partial charge in [0.1, 0.15) is 6.54 Å². The van der Waals surface area contributed by atoms with Crippen molar-refractivity contribution in [1.82, 2.24) is 5.32 Å². The zero-order chi connectivity index (χ0) is 15.0. The lowest BCUT2D eigenvalue weighted by molar-refractivity contribution is -0.135. The van der Waals surface area contributed by atoms with E-state index in [0.29, 0.717) is 17.3 Å². The van der Waals surface area contributed by atoms with E-state index < -0.39 is 18.5 Å². The van der Waals surface area contributed by atoms with E-state index in [-0.39, 0.29) is 0 Å². The molecule has 0 aliphatic carbocycles. The molecule has 0 fully saturated rings. The summed E-state index contributed by atoms with van der Waals surface area (Å²) in [5, 5.41) is 12.2. The second-order valence-electron chi connectivity index (χ2n) is 4.03. The van der Waals surface area contributed by atoms with Crippen molar-refractivity contribution in [2.45, 2.75) is 6.42 Å². The molecule has 2 N–H and O–H groups in total. The van der Waals surface area contributed by atoms with E-state index in [4.69, 9.17) is 16.7 Å². The van der Waals surface area contributed by atoms with Crippen molar-refractivity contribution in [2.75, 3.05) is 30.0 Å². The van der Waals surface area contributed by atoms with Crippen LogP contribution in [0.2, 0.25) is 5.02 Å². The Hall–Kier alpha value is -1.40. The van der Waals surface area contributed by atoms with Crippen LogP contribution in [0, 0.1) is 0 Å². The minimum Gasteiger partial charge on any atom is -0.480 e. The molecule has 2 amide bonds. The molecular formula is C13H17ClN2O3S. The number of carboxylic acid groups (broad SMARTS) is 1. The number of urea groups is 1. The van der Waals surface area contributed by atoms with Crippen LogP contribution in [-0.4, -0.2) is 42.2 Å². The number of nitrogens with one attached hydrogen (secondary N) is 1. The predicted octanol–water partition coefficient (Wildman–Crippen LogP) is 2.69. The number of carbonyl (C=O) groups excluding carboxylic acids is 1. The fourth-order valence-electron chi connectivity index (χ4n) is 1.54. The maximum Gasteiger partial charge on any atom is 0.323 e. The normalized spacial score (nSPS) is 10.1. The molecule has 0 heterocycles. The molecule has 0 spiro atoms. The van der Waals surface area contributed by atoms with Crippen molar-refractivity contribution in [2.24, 2.45) is 0 Å². The van der Waals surface area contributed by atoms with Gasteiger partial charge in [-0.2, -0.15) is 11.8 Å². The standard InChI is InChI=1S/C13H17ClN2O3S/c1-20-8-2-7-15-13(19)16(9-12(17)18)11-5-3-10(14)4-6-11/h3-6H,2,7-9H2,1H3,(H,15,19)(H,17,18). The van der Waals surface area contributed by atoms with Gasteiger partial charge in [0, 0.05) is 17.3 Å². The summed E-state index contributed by atoms with van der Waals surface area (Å²) in [7, 11) is 0. The van der Waals surface area contributed by atoms with Crippen molar-refractivity contribution in [1.29, 1.82) is 0 Å². The number of carbonyl (C=O) groups is 2. The molecule has 5 nitrogen and oxygen atoms in total. The first-order chi connectivity index (χ1) is 9.54. The van der Waals surface area contributed by atoms with E-state index in [1.54, 1.807) is 36.0 Å². The Morgan fingerprint density at radius 1 is 1.35 bits per heavy atom. The van der Waals surface area contributed by atoms with Gasteiger partial charge in [0.25, 0.3) is 0 Å². The van der Waals surface area contributed by atoms with E-state index in [0.717, 1.165) is 12.2 Å². The minimum absolute atomic E-state index is 0.393. The van der Waals surface area contributed by atoms with Crippen LogP contribution >= 0.6 is 23.4 Å². The van der Waals surface area contributed by atoms with Crippen LogP contribution in [0.1, 0.15) is 6.42 Å². The number of amides is 2. The SMILES string of the molecule is CSCCCNC(=O)N(CC(=O)O)c1ccc(Cl)cc1. The number of anilines is 1. The zero-order valence-corrected chi connectivity index (χ0v) is 12.7. The van der Waals surface area contributed by atoms with Crippen LogP contribution in [0.5, 0.6) is 0 Å². The molecule has 20 heavy (non-hydrogen) atoms. The van der Waals surface area contributed by atoms with Gasteiger partial charge in [0.15, 0.2) is 0 Å². The molecule has 0 saturated carbocycles. The molecule has 0 radical (unpaired) electrons. The first-order valence-corrected chi connectivity index (χ1v) is 7.83. The summed E-state index contributed by atoms with van der Waals surface area (Å²) < 4.78 is 0. The van der Waals surface area contributed by atoms with Crippen LogP contribution in [-0.2, 0) is 4.79 Å². The molecule has 0 atom stereocenters. The smallest absolute Gasteiger partial charge is 0.323 e. The fraction of sp³-hybridized carbons (Fsp3) is 0.385. The van der Waals surface area contributed by atoms with Gasteiger partial charge in [-0.25, -0.2) is 4.79 Å². The van der Waals surface area contributed by atoms with Crippen molar-refractivity contribution in [3.8, 4) is 0 Å². The van der Waals surface area contributed by atoms with E-state index >= 15 is 0 Å². The average molecular weight is 317 g/mol. The highest BCUT2D eigenvalue weighted by molar-refractivity contribution is 7.98. The van der Waals surface area contributed by atoms with Gasteiger partial charge >= 0.3 is 12.0 Å². The summed E-state index contributed by atoms with van der Waals surface area (Å²) in [6.07, 6.45) is 2.83. The van der Waals surface area contributed by atoms with Crippen LogP contribution < -0.4 is 10.2 Å². The fourth-order valence-corrected chi connectivity index (χ4v) is 2.10. The summed E-state index contributed by atoms with van der Waals surface area (Å²) in [5.41, 5.74) is 0.499. The molecule has 0 unspecified atom stereocenters. The van der Waals surface area contributed by atoms with E-state index in [2.05, 4.69) is 5.32 Å². The molecule has 1 rings (SSSR count). The third-order valence-electron chi connectivity index (χ3n) is 2.48. The molecule has 0 aliphatic heterocycles. The lowest BCUT2D eigenvalue weighted by Crippen LogP contribution is -2.43. The Labute approximate surface area is 127 Å². The number of nitrogens with zero attached hydrogens (tertiary/aromatic N) is 1. The number of hydrogen-bond acceptors (Lipinski definition) is 3. The van der Waals surface area contributed by atoms with Gasteiger partial charge in [-0.05, 0) is 42.7 Å². The lowest BCUT2D eigenvalue weighted by Gasteiger charge is -2.21. The van der Waals surface area contributed by atoms with Gasteiger partial charge in [-0.15, -0.1) is 0 Å². The van der Waals surface area contributed by atoms with Crippen molar-refractivity contribution >= 4 is 41.1 Å². The summed E-state index contributed by atoms with van der Waals surface area (Å²) in [6.45, 7) is 0.124. The number of thioether (sulfide) groups is 1. The van der Waals surface area contributed by atoms with Gasteiger partial charge in [-0.1, -0.05) is 11.6 Å². The maximum absolute atomic E-state index is 12.0. The quantitative estimate of drug-likeness (QED) is 0.759. The van der Waals surface area contributed by atoms with Crippen molar-refractivity contribution < 1.29 is 14.7 Å². The maximum atomic E-state index is 12.0. The number of aliphatic carboxylic acids is 1. The number of hydrogen-bond donors (Lipinski definition) is 2. The Balaban J connectivity index is 2.70. The summed E-state index contributed by atoms with van der Waals surface area (Å²) in [5.74, 6) is -0.126. The number of halogens is 1. The molecule has 1 aromatic rings. The van der Waals surface area contributed by atoms with Gasteiger partial charge < -0.3 is 10.4 Å². The number of carboxylic acids is 1. The average Bonchev–Trinajstić information content (AvgIpc) is 2.42. The third kappa shape index (κ3) is 5.71. The summed E-state index contributed by atoms with van der Waals surface area (Å²) >= 11 is 7.48. The molecule has 110 valence electrons. The highest BCUT2D eigenvalue weighted by Gasteiger charge is 2.18. The summed E-state index contributed by atoms with van der Waals surface area (Å²) in [4.78, 5) is 24.1. The highest BCUT2D eigenvalue weighted by atomic mass is 35.5. The van der Waals surface area contributed by atoms with Gasteiger partial charge in [0.2, 0.25) is 0 Å². The van der Waals surface area contributed by atoms with E-state index in [1.165, 1.54) is 4.90 Å². The second kappa shape index (κ2) is 8.71. The minimum atomic E-state index is -1.07. The molecule has 0 bridgehead atoms. The predicted molar refractivity (Wildman–Crippen MR) is 82.8 cm³/mol. The Bertz CT molecular complexity index is 453. The molecular weight excluding hydrogens is 300 g/mol. The molecule has 0 aliphatic rings. The molecule has 0 saturated heterocycles. The van der Waals surface area contributed by atoms with Crippen LogP contribution in [0.4, 0.5) is 10.5 Å². The Morgan fingerprint density at radius 3 is 2.55 bits per heavy atom. The van der Waals surface area contributed by atoms with Crippen molar-refractivity contribution in [3.05, 3.63) is 29.3 Å². The molecule has 0 aromatic heterocycles. The second-order valence-corrected chi connectivity index (χ2v) is 5.46. The van der Waals surface area contributed by atoms with E-state index in [9.17, 15) is 9.59 Å². The Kier molecular flexibility index (Phi) is 7.25. The largest absolute Gasteiger partial charge is 0.480 e. The number of rotatable bonds is 7. The Morgan fingerprint density at radius 2 is 2.00 bits per heavy atom. The number of benzene rings is 1. The van der Waals surface area contributed by atoms with Crippen LogP contribution in [0.3, 0.4) is 0 Å². The monoisotopic (exact) mass is 316 g/mol. The topological polar surface area (TPSA) is 69.6 Å². The van der Waals surface area contributed by atoms with Crippen LogP contribution in [0.15, 0.2) is 24.3 Å². The van der Waals surface area contributed by atoms with Crippen molar-refractivity contribution in [3.63, 3.8) is 0 Å². The summed E-state index contributed by atoms with van der Waals surface area (Å²) in [6, 6.07) is 6.05. The molecule has 1 aromatic carbocycles. The van der Waals surface area contributed by atoms with E-state index in [1.807, 2.05) is 6.26 Å². The third-order valence-corrected chi connectivity index (χ3v) is 3.43. The lowest BCUT2D eigenvalue weighted by atomic mass is 10.3. The van der Waals surface area contributed by atoms with Crippen LogP contribution in [0.25, 0.3) is 0 Å². The first-order valence-electron chi connectivity index (χ1n) is 6.06. The zero-order valence-electron chi connectivity index (χ0n) is 11.1. The van der Waals surface area contributed by atoms with Gasteiger partial charge in [-0.3, -0.25) is 9.69 Å². The first kappa shape index (κ1) is 16.7. The molecule has 7 heteroatoms.